The molecule has 3 aromatic rings. The number of H-pyrrole nitrogens is 1. The molecule has 1 N–H and O–H groups in total. The molecule has 0 saturated carbocycles. The Morgan fingerprint density at radius 2 is 1.90 bits per heavy atom. The van der Waals surface area contributed by atoms with Gasteiger partial charge in [0, 0.05) is 43.0 Å². The molecule has 1 saturated heterocycles. The lowest BCUT2D eigenvalue weighted by Gasteiger charge is -2.38. The number of methoxy groups -OCH3 is 1. The SMILES string of the molecule is COC(=O)[C@H]1CN(C(=O)c2ccccc2)CCN1S(=O)(=O)c1c[nH]c2ncccc12. The first-order valence-electron chi connectivity index (χ1n) is 9.29. The van der Waals surface area contributed by atoms with Crippen molar-refractivity contribution in [3.8, 4) is 0 Å². The number of esters is 1. The predicted molar refractivity (Wildman–Crippen MR) is 108 cm³/mol. The van der Waals surface area contributed by atoms with Crippen molar-refractivity contribution in [1.29, 1.82) is 0 Å². The van der Waals surface area contributed by atoms with Gasteiger partial charge < -0.3 is 14.6 Å². The van der Waals surface area contributed by atoms with Gasteiger partial charge in [0.05, 0.1) is 7.11 Å². The summed E-state index contributed by atoms with van der Waals surface area (Å²) in [4.78, 5) is 33.7. The standard InChI is InChI=1S/C20H20N4O5S/c1-29-20(26)16-13-23(19(25)14-6-3-2-4-7-14)10-11-24(16)30(27,28)17-12-22-18-15(17)8-5-9-21-18/h2-9,12,16H,10-11,13H2,1H3,(H,21,22)/t16-/m1/s1. The van der Waals surface area contributed by atoms with Crippen molar-refractivity contribution in [2.24, 2.45) is 0 Å². The van der Waals surface area contributed by atoms with Crippen LogP contribution >= 0.6 is 0 Å². The quantitative estimate of drug-likeness (QED) is 0.626. The lowest BCUT2D eigenvalue weighted by molar-refractivity contribution is -0.146. The van der Waals surface area contributed by atoms with Crippen LogP contribution in [0.5, 0.6) is 0 Å². The number of hydrogen-bond acceptors (Lipinski definition) is 6. The highest BCUT2D eigenvalue weighted by Gasteiger charge is 2.42. The van der Waals surface area contributed by atoms with Crippen molar-refractivity contribution < 1.29 is 22.7 Å². The number of benzene rings is 1. The molecule has 30 heavy (non-hydrogen) atoms. The summed E-state index contributed by atoms with van der Waals surface area (Å²) in [6, 6.07) is 10.8. The summed E-state index contributed by atoms with van der Waals surface area (Å²) < 4.78 is 32.8. The van der Waals surface area contributed by atoms with Crippen molar-refractivity contribution in [3.05, 3.63) is 60.4 Å². The molecule has 0 spiro atoms. The summed E-state index contributed by atoms with van der Waals surface area (Å²) in [5.74, 6) is -0.986. The predicted octanol–water partition coefficient (Wildman–Crippen LogP) is 1.25. The van der Waals surface area contributed by atoms with Gasteiger partial charge in [-0.15, -0.1) is 0 Å². The molecule has 2 aromatic heterocycles. The summed E-state index contributed by atoms with van der Waals surface area (Å²) in [5, 5.41) is 0.434. The maximum atomic E-state index is 13.4. The maximum Gasteiger partial charge on any atom is 0.326 e. The Bertz CT molecular complexity index is 1190. The Hall–Kier alpha value is -3.24. The van der Waals surface area contributed by atoms with Crippen LogP contribution in [0.25, 0.3) is 11.0 Å². The normalized spacial score (nSPS) is 17.8. The Kier molecular flexibility index (Phi) is 5.27. The van der Waals surface area contributed by atoms with Crippen molar-refractivity contribution in [2.75, 3.05) is 26.7 Å². The maximum absolute atomic E-state index is 13.4. The molecule has 0 bridgehead atoms. The van der Waals surface area contributed by atoms with Crippen LogP contribution in [0.2, 0.25) is 0 Å². The van der Waals surface area contributed by atoms with Gasteiger partial charge in [-0.25, -0.2) is 13.4 Å². The molecule has 1 aliphatic heterocycles. The number of pyridine rings is 1. The molecular formula is C20H20N4O5S. The van der Waals surface area contributed by atoms with E-state index in [4.69, 9.17) is 4.74 Å². The number of fused-ring (bicyclic) bond motifs is 1. The summed E-state index contributed by atoms with van der Waals surface area (Å²) in [5.41, 5.74) is 0.906. The minimum absolute atomic E-state index is 0.0299. The van der Waals surface area contributed by atoms with Gasteiger partial charge in [-0.1, -0.05) is 18.2 Å². The van der Waals surface area contributed by atoms with Gasteiger partial charge in [0.2, 0.25) is 10.0 Å². The van der Waals surface area contributed by atoms with E-state index in [0.29, 0.717) is 16.6 Å². The van der Waals surface area contributed by atoms with Crippen molar-refractivity contribution >= 4 is 32.9 Å². The molecular weight excluding hydrogens is 408 g/mol. The monoisotopic (exact) mass is 428 g/mol. The topological polar surface area (TPSA) is 113 Å². The second kappa shape index (κ2) is 7.88. The van der Waals surface area contributed by atoms with E-state index in [-0.39, 0.29) is 30.4 Å². The van der Waals surface area contributed by atoms with Crippen molar-refractivity contribution in [1.82, 2.24) is 19.2 Å². The molecule has 1 amide bonds. The van der Waals surface area contributed by atoms with Gasteiger partial charge in [-0.05, 0) is 24.3 Å². The van der Waals surface area contributed by atoms with E-state index < -0.39 is 22.0 Å². The number of piperazine rings is 1. The van der Waals surface area contributed by atoms with Crippen LogP contribution in [-0.2, 0) is 19.6 Å². The fraction of sp³-hybridized carbons (Fsp3) is 0.250. The number of nitrogens with zero attached hydrogens (tertiary/aromatic N) is 3. The highest BCUT2D eigenvalue weighted by Crippen LogP contribution is 2.28. The van der Waals surface area contributed by atoms with Crippen LogP contribution in [0.1, 0.15) is 10.4 Å². The Balaban J connectivity index is 1.66. The zero-order valence-electron chi connectivity index (χ0n) is 16.2. The summed E-state index contributed by atoms with van der Waals surface area (Å²) in [6.45, 7) is 0.0227. The van der Waals surface area contributed by atoms with Crippen LogP contribution in [0.3, 0.4) is 0 Å². The van der Waals surface area contributed by atoms with Gasteiger partial charge in [0.1, 0.15) is 16.6 Å². The molecule has 3 heterocycles. The van der Waals surface area contributed by atoms with E-state index in [1.165, 1.54) is 18.2 Å². The molecule has 1 aliphatic rings. The van der Waals surface area contributed by atoms with Crippen LogP contribution < -0.4 is 0 Å². The number of sulfonamides is 1. The average Bonchev–Trinajstić information content (AvgIpc) is 3.23. The van der Waals surface area contributed by atoms with Crippen LogP contribution in [0.15, 0.2) is 59.8 Å². The fourth-order valence-electron chi connectivity index (χ4n) is 3.60. The summed E-state index contributed by atoms with van der Waals surface area (Å²) >= 11 is 0. The van der Waals surface area contributed by atoms with Gasteiger partial charge in [0.25, 0.3) is 5.91 Å². The molecule has 1 aromatic carbocycles. The number of amides is 1. The van der Waals surface area contributed by atoms with E-state index in [1.54, 1.807) is 48.7 Å². The number of ether oxygens (including phenoxy) is 1. The fourth-order valence-corrected chi connectivity index (χ4v) is 5.31. The lowest BCUT2D eigenvalue weighted by Crippen LogP contribution is -2.59. The zero-order valence-corrected chi connectivity index (χ0v) is 17.0. The molecule has 9 nitrogen and oxygen atoms in total. The highest BCUT2D eigenvalue weighted by molar-refractivity contribution is 7.89. The third kappa shape index (κ3) is 3.44. The van der Waals surface area contributed by atoms with Gasteiger partial charge >= 0.3 is 5.97 Å². The minimum Gasteiger partial charge on any atom is -0.468 e. The van der Waals surface area contributed by atoms with E-state index in [9.17, 15) is 18.0 Å². The number of rotatable bonds is 4. The van der Waals surface area contributed by atoms with Crippen LogP contribution in [0, 0.1) is 0 Å². The largest absolute Gasteiger partial charge is 0.468 e. The minimum atomic E-state index is -4.04. The Morgan fingerprint density at radius 3 is 2.63 bits per heavy atom. The number of nitrogens with one attached hydrogen (secondary N) is 1. The Morgan fingerprint density at radius 1 is 1.13 bits per heavy atom. The third-order valence-corrected chi connectivity index (χ3v) is 7.06. The molecule has 1 atom stereocenters. The molecule has 1 fully saturated rings. The van der Waals surface area contributed by atoms with E-state index in [2.05, 4.69) is 9.97 Å². The molecule has 0 unspecified atom stereocenters. The summed E-state index contributed by atoms with van der Waals surface area (Å²) in [7, 11) is -2.84. The Labute approximate surface area is 173 Å². The molecule has 156 valence electrons. The van der Waals surface area contributed by atoms with Crippen molar-refractivity contribution in [2.45, 2.75) is 10.9 Å². The average molecular weight is 428 g/mol. The zero-order chi connectivity index (χ0) is 21.3. The summed E-state index contributed by atoms with van der Waals surface area (Å²) in [6.07, 6.45) is 2.92. The second-order valence-corrected chi connectivity index (χ2v) is 8.68. The number of aromatic amines is 1. The van der Waals surface area contributed by atoms with Gasteiger partial charge in [-0.3, -0.25) is 9.59 Å². The molecule has 4 rings (SSSR count). The molecule has 10 heteroatoms. The number of carbonyl (C=O) groups excluding carboxylic acids is 2. The van der Waals surface area contributed by atoms with E-state index in [1.807, 2.05) is 0 Å². The first-order chi connectivity index (χ1) is 14.4. The molecule has 0 aliphatic carbocycles. The van der Waals surface area contributed by atoms with Crippen LogP contribution in [0.4, 0.5) is 0 Å². The lowest BCUT2D eigenvalue weighted by atomic mass is 10.1. The second-order valence-electron chi connectivity index (χ2n) is 6.82. The van der Waals surface area contributed by atoms with E-state index in [0.717, 1.165) is 4.31 Å². The van der Waals surface area contributed by atoms with Crippen LogP contribution in [-0.4, -0.2) is 72.3 Å². The number of carbonyl (C=O) groups is 2. The third-order valence-electron chi connectivity index (χ3n) is 5.11. The highest BCUT2D eigenvalue weighted by atomic mass is 32.2. The number of aromatic nitrogens is 2. The number of hydrogen-bond donors (Lipinski definition) is 1. The van der Waals surface area contributed by atoms with Gasteiger partial charge in [-0.2, -0.15) is 4.31 Å². The first kappa shape index (κ1) is 20.0. The smallest absolute Gasteiger partial charge is 0.326 e. The first-order valence-corrected chi connectivity index (χ1v) is 10.7. The van der Waals surface area contributed by atoms with Gasteiger partial charge in [0.15, 0.2) is 0 Å². The van der Waals surface area contributed by atoms with Crippen molar-refractivity contribution in [3.63, 3.8) is 0 Å². The molecule has 0 radical (unpaired) electrons. The van der Waals surface area contributed by atoms with E-state index >= 15 is 0 Å².